The van der Waals surface area contributed by atoms with Gasteiger partial charge in [0.2, 0.25) is 0 Å². The van der Waals surface area contributed by atoms with E-state index in [1.54, 1.807) is 0 Å². The first-order valence-electron chi connectivity index (χ1n) is 5.90. The number of urea groups is 1. The summed E-state index contributed by atoms with van der Waals surface area (Å²) in [6.45, 7) is -0.719. The first-order valence-corrected chi connectivity index (χ1v) is 6.65. The number of alkyl halides is 3. The van der Waals surface area contributed by atoms with Crippen LogP contribution in [-0.4, -0.2) is 30.4 Å². The molecule has 0 aliphatic heterocycles. The molecule has 9 heteroatoms. The zero-order chi connectivity index (χ0) is 16.0. The number of hydrogen-bond donors (Lipinski definition) is 3. The monoisotopic (exact) mass is 344 g/mol. The Balaban J connectivity index is 2.38. The molecule has 0 heterocycles. The zero-order valence-corrected chi connectivity index (χ0v) is 12.2. The fourth-order valence-corrected chi connectivity index (χ4v) is 2.00. The number of aliphatic hydroxyl groups is 1. The Hall–Kier alpha value is -1.18. The van der Waals surface area contributed by atoms with Gasteiger partial charge in [-0.25, -0.2) is 4.79 Å². The van der Waals surface area contributed by atoms with Gasteiger partial charge >= 0.3 is 12.2 Å². The summed E-state index contributed by atoms with van der Waals surface area (Å²) in [5.41, 5.74) is 0.392. The second kappa shape index (κ2) is 7.72. The number of rotatable bonds is 5. The van der Waals surface area contributed by atoms with Crippen molar-refractivity contribution in [3.8, 4) is 0 Å². The lowest BCUT2D eigenvalue weighted by molar-refractivity contribution is -0.132. The van der Waals surface area contributed by atoms with Gasteiger partial charge in [0.05, 0.1) is 12.5 Å². The molecule has 0 fully saturated rings. The van der Waals surface area contributed by atoms with E-state index in [0.29, 0.717) is 15.6 Å². The summed E-state index contributed by atoms with van der Waals surface area (Å²) in [6, 6.07) is 3.63. The largest absolute Gasteiger partial charge is 0.390 e. The number of amides is 2. The van der Waals surface area contributed by atoms with Crippen LogP contribution in [0.5, 0.6) is 0 Å². The number of hydrogen-bond acceptors (Lipinski definition) is 2. The van der Waals surface area contributed by atoms with Crippen molar-refractivity contribution in [1.29, 1.82) is 0 Å². The van der Waals surface area contributed by atoms with Crippen LogP contribution < -0.4 is 10.6 Å². The Morgan fingerprint density at radius 3 is 2.29 bits per heavy atom. The molecule has 0 saturated carbocycles. The van der Waals surface area contributed by atoms with Gasteiger partial charge in [-0.2, -0.15) is 13.2 Å². The van der Waals surface area contributed by atoms with Crippen LogP contribution in [0.25, 0.3) is 0 Å². The molecule has 0 spiro atoms. The highest BCUT2D eigenvalue weighted by Crippen LogP contribution is 2.23. The van der Waals surface area contributed by atoms with E-state index in [4.69, 9.17) is 23.2 Å². The van der Waals surface area contributed by atoms with Gasteiger partial charge in [0.1, 0.15) is 0 Å². The average Bonchev–Trinajstić information content (AvgIpc) is 2.33. The van der Waals surface area contributed by atoms with Crippen molar-refractivity contribution in [3.05, 3.63) is 33.8 Å². The van der Waals surface area contributed by atoms with Gasteiger partial charge in [0.25, 0.3) is 0 Å². The molecule has 1 atom stereocenters. The predicted octanol–water partition coefficient (Wildman–Crippen LogP) is 3.28. The van der Waals surface area contributed by atoms with Gasteiger partial charge in [-0.05, 0) is 23.8 Å². The van der Waals surface area contributed by atoms with E-state index in [1.165, 1.54) is 18.2 Å². The lowest BCUT2D eigenvalue weighted by Gasteiger charge is -2.14. The topological polar surface area (TPSA) is 61.4 Å². The maximum absolute atomic E-state index is 11.9. The first-order chi connectivity index (χ1) is 9.67. The molecule has 21 heavy (non-hydrogen) atoms. The second-order valence-electron chi connectivity index (χ2n) is 4.22. The lowest BCUT2D eigenvalue weighted by Crippen LogP contribution is -2.39. The molecule has 1 unspecified atom stereocenters. The standard InChI is InChI=1S/C12H13Cl2F3N2O2/c13-8-3-7(4-9(14)5-8)10(20)6-19-11(21)18-2-1-12(15,16)17/h3-5,10,20H,1-2,6H2,(H2,18,19,21). The van der Waals surface area contributed by atoms with Crippen LogP contribution in [0, 0.1) is 0 Å². The third kappa shape index (κ3) is 7.40. The molecule has 4 nitrogen and oxygen atoms in total. The summed E-state index contributed by atoms with van der Waals surface area (Å²) in [6.07, 6.45) is -6.52. The summed E-state index contributed by atoms with van der Waals surface area (Å²) in [4.78, 5) is 11.2. The molecular weight excluding hydrogens is 332 g/mol. The number of aliphatic hydroxyl groups excluding tert-OH is 1. The summed E-state index contributed by atoms with van der Waals surface area (Å²) in [7, 11) is 0. The minimum Gasteiger partial charge on any atom is -0.387 e. The van der Waals surface area contributed by atoms with Crippen molar-refractivity contribution in [2.24, 2.45) is 0 Å². The fraction of sp³-hybridized carbons (Fsp3) is 0.417. The summed E-state index contributed by atoms with van der Waals surface area (Å²) < 4.78 is 35.6. The zero-order valence-electron chi connectivity index (χ0n) is 10.7. The average molecular weight is 345 g/mol. The molecule has 0 radical (unpaired) electrons. The van der Waals surface area contributed by atoms with Gasteiger partial charge < -0.3 is 15.7 Å². The van der Waals surface area contributed by atoms with E-state index in [9.17, 15) is 23.1 Å². The Kier molecular flexibility index (Phi) is 6.57. The van der Waals surface area contributed by atoms with E-state index in [1.807, 2.05) is 5.32 Å². The Bertz CT molecular complexity index is 478. The Morgan fingerprint density at radius 1 is 1.19 bits per heavy atom. The van der Waals surface area contributed by atoms with Crippen LogP contribution in [-0.2, 0) is 0 Å². The fourth-order valence-electron chi connectivity index (χ4n) is 1.46. The Morgan fingerprint density at radius 2 is 1.76 bits per heavy atom. The van der Waals surface area contributed by atoms with Gasteiger partial charge in [0, 0.05) is 23.1 Å². The third-order valence-corrected chi connectivity index (χ3v) is 2.86. The van der Waals surface area contributed by atoms with Crippen molar-refractivity contribution in [1.82, 2.24) is 10.6 Å². The molecule has 0 saturated heterocycles. The number of benzene rings is 1. The maximum atomic E-state index is 11.9. The third-order valence-electron chi connectivity index (χ3n) is 2.42. The van der Waals surface area contributed by atoms with Gasteiger partial charge in [-0.1, -0.05) is 23.2 Å². The number of carbonyl (C=O) groups is 1. The predicted molar refractivity (Wildman–Crippen MR) is 73.5 cm³/mol. The highest BCUT2D eigenvalue weighted by molar-refractivity contribution is 6.34. The van der Waals surface area contributed by atoms with Gasteiger partial charge in [-0.3, -0.25) is 0 Å². The molecule has 0 bridgehead atoms. The highest BCUT2D eigenvalue weighted by atomic mass is 35.5. The molecule has 0 aliphatic rings. The molecule has 118 valence electrons. The van der Waals surface area contributed by atoms with Crippen molar-refractivity contribution in [2.75, 3.05) is 13.1 Å². The minimum atomic E-state index is -4.33. The lowest BCUT2D eigenvalue weighted by atomic mass is 10.1. The van der Waals surface area contributed by atoms with E-state index in [-0.39, 0.29) is 6.54 Å². The molecule has 1 aromatic carbocycles. The Labute approximate surface area is 129 Å². The van der Waals surface area contributed by atoms with Gasteiger partial charge in [0.15, 0.2) is 0 Å². The molecule has 2 amide bonds. The highest BCUT2D eigenvalue weighted by Gasteiger charge is 2.26. The molecule has 0 aromatic heterocycles. The molecule has 3 N–H and O–H groups in total. The van der Waals surface area contributed by atoms with Crippen molar-refractivity contribution < 1.29 is 23.1 Å². The van der Waals surface area contributed by atoms with Crippen LogP contribution in [0.4, 0.5) is 18.0 Å². The van der Waals surface area contributed by atoms with Crippen LogP contribution >= 0.6 is 23.2 Å². The van der Waals surface area contributed by atoms with Crippen molar-refractivity contribution >= 4 is 29.2 Å². The smallest absolute Gasteiger partial charge is 0.387 e. The summed E-state index contributed by atoms with van der Waals surface area (Å²) in [5.74, 6) is 0. The van der Waals surface area contributed by atoms with Crippen molar-refractivity contribution in [3.63, 3.8) is 0 Å². The normalized spacial score (nSPS) is 12.9. The quantitative estimate of drug-likeness (QED) is 0.767. The number of halogens is 5. The van der Waals surface area contributed by atoms with Crippen molar-refractivity contribution in [2.45, 2.75) is 18.7 Å². The summed E-state index contributed by atoms with van der Waals surface area (Å²) in [5, 5.41) is 14.8. The molecule has 1 rings (SSSR count). The van der Waals surface area contributed by atoms with E-state index in [2.05, 4.69) is 5.32 Å². The van der Waals surface area contributed by atoms with Crippen LogP contribution in [0.1, 0.15) is 18.1 Å². The molecular formula is C12H13Cl2F3N2O2. The second-order valence-corrected chi connectivity index (χ2v) is 5.09. The van der Waals surface area contributed by atoms with Crippen LogP contribution in [0.2, 0.25) is 10.0 Å². The summed E-state index contributed by atoms with van der Waals surface area (Å²) >= 11 is 11.5. The molecule has 1 aromatic rings. The van der Waals surface area contributed by atoms with E-state index < -0.39 is 31.3 Å². The minimum absolute atomic E-state index is 0.186. The van der Waals surface area contributed by atoms with E-state index >= 15 is 0 Å². The first kappa shape index (κ1) is 17.9. The number of nitrogens with one attached hydrogen (secondary N) is 2. The SMILES string of the molecule is O=C(NCCC(F)(F)F)NCC(O)c1cc(Cl)cc(Cl)c1. The van der Waals surface area contributed by atoms with E-state index in [0.717, 1.165) is 0 Å². The number of carbonyl (C=O) groups excluding carboxylic acids is 1. The molecule has 0 aliphatic carbocycles. The van der Waals surface area contributed by atoms with Crippen LogP contribution in [0.15, 0.2) is 18.2 Å². The maximum Gasteiger partial charge on any atom is 0.390 e. The van der Waals surface area contributed by atoms with Gasteiger partial charge in [-0.15, -0.1) is 0 Å². The van der Waals surface area contributed by atoms with Crippen LogP contribution in [0.3, 0.4) is 0 Å².